The van der Waals surface area contributed by atoms with E-state index in [9.17, 15) is 5.11 Å². The smallest absolute Gasteiger partial charge is 0.168 e. The van der Waals surface area contributed by atoms with Crippen LogP contribution in [0.1, 0.15) is 11.1 Å². The quantitative estimate of drug-likeness (QED) is 0.328. The summed E-state index contributed by atoms with van der Waals surface area (Å²) in [4.78, 5) is 3.93. The van der Waals surface area contributed by atoms with Gasteiger partial charge in [0.15, 0.2) is 11.0 Å². The van der Waals surface area contributed by atoms with Gasteiger partial charge in [0, 0.05) is 0 Å². The van der Waals surface area contributed by atoms with Crippen molar-refractivity contribution < 1.29 is 5.11 Å². The van der Waals surface area contributed by atoms with Gasteiger partial charge in [0.2, 0.25) is 0 Å². The molecule has 1 aromatic heterocycles. The first-order valence-corrected chi connectivity index (χ1v) is 8.48. The van der Waals surface area contributed by atoms with Crippen molar-refractivity contribution in [2.45, 2.75) is 0 Å². The number of rotatable bonds is 3. The predicted molar refractivity (Wildman–Crippen MR) is 98.7 cm³/mol. The molecule has 0 bridgehead atoms. The summed E-state index contributed by atoms with van der Waals surface area (Å²) in [6.07, 6.45) is 1.48. The number of phenolic OH excluding ortho intramolecular Hbond substituents is 1. The van der Waals surface area contributed by atoms with Gasteiger partial charge in [-0.3, -0.25) is 5.43 Å². The molecule has 23 heavy (non-hydrogen) atoms. The fourth-order valence-electron chi connectivity index (χ4n) is 1.50. The lowest BCUT2D eigenvalue weighted by atomic mass is 10.2. The number of halogens is 5. The van der Waals surface area contributed by atoms with Crippen molar-refractivity contribution in [1.29, 1.82) is 5.26 Å². The average molecular weight is 499 g/mol. The van der Waals surface area contributed by atoms with Crippen LogP contribution >= 0.6 is 66.7 Å². The molecule has 0 saturated heterocycles. The third kappa shape index (κ3) is 4.08. The van der Waals surface area contributed by atoms with Gasteiger partial charge in [-0.15, -0.1) is 0 Å². The first-order valence-electron chi connectivity index (χ1n) is 5.76. The van der Waals surface area contributed by atoms with Gasteiger partial charge in [0.25, 0.3) is 0 Å². The van der Waals surface area contributed by atoms with Crippen molar-refractivity contribution in [1.82, 2.24) is 4.98 Å². The first-order chi connectivity index (χ1) is 10.8. The fraction of sp³-hybridized carbons (Fsp3) is 0. The molecule has 0 fully saturated rings. The zero-order valence-corrected chi connectivity index (χ0v) is 16.4. The van der Waals surface area contributed by atoms with Gasteiger partial charge in [-0.1, -0.05) is 34.8 Å². The Bertz CT molecular complexity index is 829. The van der Waals surface area contributed by atoms with Crippen molar-refractivity contribution in [3.63, 3.8) is 0 Å². The van der Waals surface area contributed by atoms with E-state index in [2.05, 4.69) is 47.4 Å². The van der Waals surface area contributed by atoms with Gasteiger partial charge in [0.1, 0.15) is 22.4 Å². The molecule has 0 spiro atoms. The Morgan fingerprint density at radius 2 is 1.83 bits per heavy atom. The lowest BCUT2D eigenvalue weighted by molar-refractivity contribution is 0.468. The van der Waals surface area contributed by atoms with Crippen molar-refractivity contribution >= 4 is 78.7 Å². The number of hydrazone groups is 1. The molecule has 0 aliphatic carbocycles. The second-order valence-electron chi connectivity index (χ2n) is 4.07. The molecule has 0 unspecified atom stereocenters. The molecule has 5 nitrogen and oxygen atoms in total. The monoisotopic (exact) mass is 496 g/mol. The van der Waals surface area contributed by atoms with Gasteiger partial charge in [0.05, 0.1) is 20.2 Å². The lowest BCUT2D eigenvalue weighted by Crippen LogP contribution is -1.98. The number of hydrogen-bond donors (Lipinski definition) is 2. The molecule has 0 saturated carbocycles. The number of anilines is 1. The normalized spacial score (nSPS) is 10.8. The summed E-state index contributed by atoms with van der Waals surface area (Å²) in [5.41, 5.74) is 3.29. The number of pyridine rings is 1. The number of benzene rings is 1. The molecule has 0 aliphatic rings. The van der Waals surface area contributed by atoms with Gasteiger partial charge < -0.3 is 5.11 Å². The molecule has 118 valence electrons. The van der Waals surface area contributed by atoms with Crippen molar-refractivity contribution in [3.05, 3.63) is 47.4 Å². The first kappa shape index (κ1) is 18.3. The van der Waals surface area contributed by atoms with E-state index in [4.69, 9.17) is 40.1 Å². The SMILES string of the molecule is N#Cc1c(Cl)nc(N/N=C/c2cc(Br)c(O)c(Br)c2)c(Cl)c1Cl. The average Bonchev–Trinajstić information content (AvgIpc) is 2.50. The van der Waals surface area contributed by atoms with E-state index in [-0.39, 0.29) is 32.3 Å². The molecule has 1 aromatic carbocycles. The van der Waals surface area contributed by atoms with E-state index in [0.29, 0.717) is 14.5 Å². The topological polar surface area (TPSA) is 81.3 Å². The standard InChI is InChI=1S/C13H5Br2Cl3N4O/c14-7-1-5(2-8(15)11(7)23)4-20-22-13-10(17)9(16)6(3-19)12(18)21-13/h1-2,4,23H,(H,21,22)/b20-4+. The Morgan fingerprint density at radius 1 is 1.22 bits per heavy atom. The molecule has 2 aromatic rings. The lowest BCUT2D eigenvalue weighted by Gasteiger charge is -2.07. The summed E-state index contributed by atoms with van der Waals surface area (Å²) in [5, 5.41) is 22.5. The van der Waals surface area contributed by atoms with Crippen LogP contribution in [0.25, 0.3) is 0 Å². The maximum atomic E-state index is 9.64. The van der Waals surface area contributed by atoms with Gasteiger partial charge >= 0.3 is 0 Å². The summed E-state index contributed by atoms with van der Waals surface area (Å²) in [6, 6.07) is 5.15. The minimum atomic E-state index is -0.0743. The van der Waals surface area contributed by atoms with Crippen molar-refractivity contribution in [3.8, 4) is 11.8 Å². The molecule has 0 aliphatic heterocycles. The zero-order chi connectivity index (χ0) is 17.1. The third-order valence-electron chi connectivity index (χ3n) is 2.57. The van der Waals surface area contributed by atoms with Crippen molar-refractivity contribution in [2.24, 2.45) is 5.10 Å². The number of aromatic hydroxyl groups is 1. The van der Waals surface area contributed by atoms with E-state index >= 15 is 0 Å². The van der Waals surface area contributed by atoms with Crippen LogP contribution in [0.3, 0.4) is 0 Å². The van der Waals surface area contributed by atoms with Crippen LogP contribution < -0.4 is 5.43 Å². The number of aromatic nitrogens is 1. The number of phenols is 1. The van der Waals surface area contributed by atoms with E-state index in [1.54, 1.807) is 12.1 Å². The highest BCUT2D eigenvalue weighted by Gasteiger charge is 2.15. The van der Waals surface area contributed by atoms with Crippen molar-refractivity contribution in [2.75, 3.05) is 5.43 Å². The molecular formula is C13H5Br2Cl3N4O. The number of nitriles is 1. The van der Waals surface area contributed by atoms with Crippen LogP contribution in [-0.4, -0.2) is 16.3 Å². The fourth-order valence-corrected chi connectivity index (χ4v) is 3.40. The summed E-state index contributed by atoms with van der Waals surface area (Å²) >= 11 is 24.3. The van der Waals surface area contributed by atoms with Crippen LogP contribution in [0.2, 0.25) is 15.2 Å². The van der Waals surface area contributed by atoms with E-state index in [1.165, 1.54) is 6.21 Å². The second-order valence-corrected chi connectivity index (χ2v) is 6.89. The van der Waals surface area contributed by atoms with Crippen LogP contribution in [-0.2, 0) is 0 Å². The van der Waals surface area contributed by atoms with E-state index in [1.807, 2.05) is 6.07 Å². The Morgan fingerprint density at radius 3 is 2.39 bits per heavy atom. The van der Waals surface area contributed by atoms with Gasteiger partial charge in [-0.2, -0.15) is 10.4 Å². The third-order valence-corrected chi connectivity index (χ3v) is 4.90. The second kappa shape index (κ2) is 7.69. The van der Waals surface area contributed by atoms with Crippen LogP contribution in [0.15, 0.2) is 26.2 Å². The number of nitrogens with zero attached hydrogens (tertiary/aromatic N) is 3. The van der Waals surface area contributed by atoms with E-state index < -0.39 is 0 Å². The largest absolute Gasteiger partial charge is 0.506 e. The molecule has 0 radical (unpaired) electrons. The molecule has 10 heteroatoms. The van der Waals surface area contributed by atoms with E-state index in [0.717, 1.165) is 0 Å². The highest BCUT2D eigenvalue weighted by Crippen LogP contribution is 2.35. The molecule has 2 rings (SSSR count). The van der Waals surface area contributed by atoms with Crippen LogP contribution in [0.4, 0.5) is 5.82 Å². The maximum Gasteiger partial charge on any atom is 0.168 e. The highest BCUT2D eigenvalue weighted by molar-refractivity contribution is 9.11. The molecule has 0 atom stereocenters. The zero-order valence-electron chi connectivity index (χ0n) is 10.9. The summed E-state index contributed by atoms with van der Waals surface area (Å²) < 4.78 is 1.02. The Hall–Kier alpha value is -1.04. The maximum absolute atomic E-state index is 9.64. The number of hydrogen-bond acceptors (Lipinski definition) is 5. The molecular weight excluding hydrogens is 494 g/mol. The molecule has 1 heterocycles. The predicted octanol–water partition coefficient (Wildman–Crippen LogP) is 5.59. The minimum absolute atomic E-state index is 0.000686. The minimum Gasteiger partial charge on any atom is -0.506 e. The van der Waals surface area contributed by atoms with Gasteiger partial charge in [-0.25, -0.2) is 4.98 Å². The van der Waals surface area contributed by atoms with Crippen LogP contribution in [0.5, 0.6) is 5.75 Å². The molecule has 2 N–H and O–H groups in total. The summed E-state index contributed by atoms with van der Waals surface area (Å²) in [7, 11) is 0. The summed E-state index contributed by atoms with van der Waals surface area (Å²) in [6.45, 7) is 0. The highest BCUT2D eigenvalue weighted by atomic mass is 79.9. The number of nitrogens with one attached hydrogen (secondary N) is 1. The Balaban J connectivity index is 2.27. The molecule has 0 amide bonds. The van der Waals surface area contributed by atoms with Crippen LogP contribution in [0, 0.1) is 11.3 Å². The summed E-state index contributed by atoms with van der Waals surface area (Å²) in [5.74, 6) is 0.208. The Labute approximate surface area is 163 Å². The van der Waals surface area contributed by atoms with Gasteiger partial charge in [-0.05, 0) is 49.6 Å². The Kier molecular flexibility index (Phi) is 6.12.